The van der Waals surface area contributed by atoms with Gasteiger partial charge in [0.2, 0.25) is 0 Å². The molecule has 2 rings (SSSR count). The summed E-state index contributed by atoms with van der Waals surface area (Å²) >= 11 is 5.28. The predicted molar refractivity (Wildman–Crippen MR) is 109 cm³/mol. The van der Waals surface area contributed by atoms with Gasteiger partial charge in [0.25, 0.3) is 5.91 Å². The Morgan fingerprint density at radius 3 is 2.69 bits per heavy atom. The minimum atomic E-state index is -0.262. The van der Waals surface area contributed by atoms with Gasteiger partial charge in [0.05, 0.1) is 0 Å². The van der Waals surface area contributed by atoms with E-state index in [1.54, 1.807) is 0 Å². The fourth-order valence-electron chi connectivity index (χ4n) is 3.28. The highest BCUT2D eigenvalue weighted by Gasteiger charge is 2.21. The molecular formula is C20H31N3O2S. The molecule has 1 aliphatic rings. The summed E-state index contributed by atoms with van der Waals surface area (Å²) in [5.41, 5.74) is 7.58. The number of aryl methyl sites for hydroxylation is 1. The molecule has 1 amide bonds. The number of thiocarbonyl (C=S) groups is 1. The number of hydrazine groups is 1. The summed E-state index contributed by atoms with van der Waals surface area (Å²) in [7, 11) is 0. The number of nitrogens with one attached hydrogen (secondary N) is 3. The van der Waals surface area contributed by atoms with Gasteiger partial charge in [-0.2, -0.15) is 0 Å². The monoisotopic (exact) mass is 377 g/mol. The van der Waals surface area contributed by atoms with Gasteiger partial charge in [0, 0.05) is 6.04 Å². The molecule has 0 heterocycles. The molecule has 26 heavy (non-hydrogen) atoms. The van der Waals surface area contributed by atoms with Gasteiger partial charge in [0.1, 0.15) is 5.75 Å². The van der Waals surface area contributed by atoms with Crippen molar-refractivity contribution in [2.45, 2.75) is 65.3 Å². The van der Waals surface area contributed by atoms with Crippen molar-refractivity contribution in [1.82, 2.24) is 16.2 Å². The molecule has 0 aromatic heterocycles. The van der Waals surface area contributed by atoms with Gasteiger partial charge in [0.15, 0.2) is 11.7 Å². The Hall–Kier alpha value is -1.82. The van der Waals surface area contributed by atoms with Crippen molar-refractivity contribution in [3.05, 3.63) is 29.3 Å². The summed E-state index contributed by atoms with van der Waals surface area (Å²) in [5.74, 6) is 1.42. The molecule has 1 aromatic rings. The normalized spacial score (nSPS) is 19.7. The van der Waals surface area contributed by atoms with Crippen LogP contribution in [0.5, 0.6) is 5.75 Å². The second kappa shape index (κ2) is 9.76. The van der Waals surface area contributed by atoms with Crippen molar-refractivity contribution < 1.29 is 9.53 Å². The van der Waals surface area contributed by atoms with Crippen molar-refractivity contribution >= 4 is 23.2 Å². The molecule has 3 N–H and O–H groups in total. The maximum absolute atomic E-state index is 12.1. The summed E-state index contributed by atoms with van der Waals surface area (Å²) in [6.07, 6.45) is 4.84. The molecule has 5 nitrogen and oxygen atoms in total. The molecular weight excluding hydrogens is 346 g/mol. The van der Waals surface area contributed by atoms with Gasteiger partial charge in [-0.15, -0.1) is 0 Å². The number of hydrogen-bond acceptors (Lipinski definition) is 3. The van der Waals surface area contributed by atoms with Crippen molar-refractivity contribution in [1.29, 1.82) is 0 Å². The van der Waals surface area contributed by atoms with Crippen LogP contribution in [0.2, 0.25) is 0 Å². The summed E-state index contributed by atoms with van der Waals surface area (Å²) in [6.45, 7) is 8.40. The van der Waals surface area contributed by atoms with Gasteiger partial charge in [-0.3, -0.25) is 15.6 Å². The molecule has 0 saturated heterocycles. The lowest BCUT2D eigenvalue weighted by molar-refractivity contribution is -0.123. The van der Waals surface area contributed by atoms with Crippen LogP contribution in [0, 0.1) is 12.8 Å². The fraction of sp³-hybridized carbons (Fsp3) is 0.600. The number of carbonyl (C=O) groups is 1. The Morgan fingerprint density at radius 1 is 1.27 bits per heavy atom. The van der Waals surface area contributed by atoms with E-state index in [-0.39, 0.29) is 12.5 Å². The molecule has 0 aliphatic heterocycles. The van der Waals surface area contributed by atoms with Crippen molar-refractivity contribution in [3.8, 4) is 5.75 Å². The molecule has 0 unspecified atom stereocenters. The predicted octanol–water partition coefficient (Wildman–Crippen LogP) is 3.57. The van der Waals surface area contributed by atoms with E-state index in [9.17, 15) is 4.79 Å². The maximum atomic E-state index is 12.1. The lowest BCUT2D eigenvalue weighted by Crippen LogP contribution is -2.52. The molecule has 0 spiro atoms. The van der Waals surface area contributed by atoms with E-state index in [0.717, 1.165) is 23.3 Å². The quantitative estimate of drug-likeness (QED) is 0.541. The Morgan fingerprint density at radius 2 is 2.00 bits per heavy atom. The Labute approximate surface area is 162 Å². The zero-order chi connectivity index (χ0) is 19.1. The average molecular weight is 378 g/mol. The van der Waals surface area contributed by atoms with E-state index in [1.807, 2.05) is 13.0 Å². The number of ether oxygens (including phenoxy) is 1. The fourth-order valence-corrected chi connectivity index (χ4v) is 3.49. The number of hydrogen-bond donors (Lipinski definition) is 3. The van der Waals surface area contributed by atoms with Gasteiger partial charge < -0.3 is 10.1 Å². The summed E-state index contributed by atoms with van der Waals surface area (Å²) in [4.78, 5) is 12.1. The second-order valence-electron chi connectivity index (χ2n) is 7.50. The highest BCUT2D eigenvalue weighted by atomic mass is 32.1. The molecule has 1 saturated carbocycles. The molecule has 1 aliphatic carbocycles. The lowest BCUT2D eigenvalue weighted by Gasteiger charge is -2.30. The van der Waals surface area contributed by atoms with Crippen LogP contribution in [0.15, 0.2) is 18.2 Å². The Bertz CT molecular complexity index is 633. The first kappa shape index (κ1) is 20.5. The largest absolute Gasteiger partial charge is 0.483 e. The first-order chi connectivity index (χ1) is 12.4. The van der Waals surface area contributed by atoms with Gasteiger partial charge >= 0.3 is 0 Å². The zero-order valence-electron chi connectivity index (χ0n) is 16.2. The van der Waals surface area contributed by atoms with E-state index >= 15 is 0 Å². The molecule has 6 heteroatoms. The molecule has 0 bridgehead atoms. The molecule has 0 radical (unpaired) electrons. The standard InChI is InChI=1S/C20H31N3O2S/c1-13(2)16-10-9-14(3)11-18(16)25-12-19(24)22-23-20(26)21-17-8-6-5-7-15(17)4/h9-11,13,15,17H,5-8,12H2,1-4H3,(H,22,24)(H2,21,23,26)/t15-,17+/m0/s1. The van der Waals surface area contributed by atoms with Gasteiger partial charge in [-0.05, 0) is 61.0 Å². The van der Waals surface area contributed by atoms with Crippen LogP contribution in [-0.4, -0.2) is 23.7 Å². The van der Waals surface area contributed by atoms with Gasteiger partial charge in [-0.25, -0.2) is 0 Å². The third-order valence-electron chi connectivity index (χ3n) is 4.89. The first-order valence-electron chi connectivity index (χ1n) is 9.45. The van der Waals surface area contributed by atoms with E-state index in [2.05, 4.69) is 49.1 Å². The number of benzene rings is 1. The van der Waals surface area contributed by atoms with E-state index in [4.69, 9.17) is 17.0 Å². The maximum Gasteiger partial charge on any atom is 0.276 e. The highest BCUT2D eigenvalue weighted by molar-refractivity contribution is 7.80. The topological polar surface area (TPSA) is 62.4 Å². The van der Waals surface area contributed by atoms with Crippen molar-refractivity contribution in [2.24, 2.45) is 5.92 Å². The summed E-state index contributed by atoms with van der Waals surface area (Å²) < 4.78 is 5.72. The van der Waals surface area contributed by atoms with Crippen LogP contribution in [0.3, 0.4) is 0 Å². The van der Waals surface area contributed by atoms with Crippen LogP contribution in [-0.2, 0) is 4.79 Å². The highest BCUT2D eigenvalue weighted by Crippen LogP contribution is 2.27. The Balaban J connectivity index is 1.77. The van der Waals surface area contributed by atoms with E-state index in [0.29, 0.717) is 23.0 Å². The van der Waals surface area contributed by atoms with Crippen LogP contribution >= 0.6 is 12.2 Å². The molecule has 1 aromatic carbocycles. The van der Waals surface area contributed by atoms with E-state index < -0.39 is 0 Å². The van der Waals surface area contributed by atoms with Crippen LogP contribution < -0.4 is 20.9 Å². The molecule has 144 valence electrons. The molecule has 2 atom stereocenters. The van der Waals surface area contributed by atoms with Crippen LogP contribution in [0.4, 0.5) is 0 Å². The number of carbonyl (C=O) groups excluding carboxylic acids is 1. The van der Waals surface area contributed by atoms with Crippen LogP contribution in [0.1, 0.15) is 63.5 Å². The summed E-state index contributed by atoms with van der Waals surface area (Å²) in [6, 6.07) is 6.45. The van der Waals surface area contributed by atoms with Gasteiger partial charge in [-0.1, -0.05) is 45.7 Å². The van der Waals surface area contributed by atoms with Crippen molar-refractivity contribution in [3.63, 3.8) is 0 Å². The minimum Gasteiger partial charge on any atom is -0.483 e. The smallest absolute Gasteiger partial charge is 0.276 e. The third kappa shape index (κ3) is 6.16. The minimum absolute atomic E-state index is 0.0569. The molecule has 1 fully saturated rings. The third-order valence-corrected chi connectivity index (χ3v) is 5.11. The zero-order valence-corrected chi connectivity index (χ0v) is 17.0. The van der Waals surface area contributed by atoms with E-state index in [1.165, 1.54) is 19.3 Å². The Kier molecular flexibility index (Phi) is 7.69. The lowest BCUT2D eigenvalue weighted by atomic mass is 9.86. The van der Waals surface area contributed by atoms with Crippen molar-refractivity contribution in [2.75, 3.05) is 6.61 Å². The second-order valence-corrected chi connectivity index (χ2v) is 7.91. The van der Waals surface area contributed by atoms with Crippen LogP contribution in [0.25, 0.3) is 0 Å². The number of amides is 1. The summed E-state index contributed by atoms with van der Waals surface area (Å²) in [5, 5.41) is 3.75. The number of rotatable bonds is 5. The average Bonchev–Trinajstić information content (AvgIpc) is 2.60. The SMILES string of the molecule is Cc1ccc(C(C)C)c(OCC(=O)NNC(=S)N[C@@H]2CCCC[C@@H]2C)c1. The first-order valence-corrected chi connectivity index (χ1v) is 9.86.